The molecule has 0 N–H and O–H groups in total. The lowest BCUT2D eigenvalue weighted by Crippen LogP contribution is -2.42. The first-order valence-electron chi connectivity index (χ1n) is 6.06. The van der Waals surface area contributed by atoms with Crippen molar-refractivity contribution in [1.82, 2.24) is 4.90 Å². The molecule has 86 valence electrons. The summed E-state index contributed by atoms with van der Waals surface area (Å²) in [5.41, 5.74) is 1.22. The fourth-order valence-corrected chi connectivity index (χ4v) is 2.72. The lowest BCUT2D eigenvalue weighted by Gasteiger charge is -2.41. The van der Waals surface area contributed by atoms with Gasteiger partial charge in [-0.2, -0.15) is 0 Å². The molecule has 1 amide bonds. The number of rotatable bonds is 4. The maximum Gasteiger partial charge on any atom is 0.227 e. The van der Waals surface area contributed by atoms with Gasteiger partial charge < -0.3 is 4.90 Å². The van der Waals surface area contributed by atoms with Crippen molar-refractivity contribution < 1.29 is 4.79 Å². The molecule has 0 radical (unpaired) electrons. The molecule has 1 unspecified atom stereocenters. The van der Waals surface area contributed by atoms with Gasteiger partial charge in [-0.15, -0.1) is 0 Å². The van der Waals surface area contributed by atoms with E-state index >= 15 is 0 Å². The number of carbonyl (C=O) groups excluding carboxylic acids is 1. The minimum atomic E-state index is 0.203. The Morgan fingerprint density at radius 3 is 2.40 bits per heavy atom. The molecular weight excluding hydrogens is 186 g/mol. The van der Waals surface area contributed by atoms with Gasteiger partial charge in [0.15, 0.2) is 0 Å². The first-order chi connectivity index (χ1) is 7.08. The van der Waals surface area contributed by atoms with Crippen molar-refractivity contribution in [2.75, 3.05) is 6.54 Å². The third-order valence-corrected chi connectivity index (χ3v) is 3.63. The van der Waals surface area contributed by atoms with Gasteiger partial charge in [0.1, 0.15) is 0 Å². The van der Waals surface area contributed by atoms with Crippen molar-refractivity contribution in [1.29, 1.82) is 0 Å². The van der Waals surface area contributed by atoms with E-state index in [2.05, 4.69) is 20.4 Å². The molecule has 0 aromatic rings. The van der Waals surface area contributed by atoms with Gasteiger partial charge in [0.2, 0.25) is 5.91 Å². The van der Waals surface area contributed by atoms with Gasteiger partial charge >= 0.3 is 0 Å². The summed E-state index contributed by atoms with van der Waals surface area (Å²) in [6.07, 6.45) is 5.09. The van der Waals surface area contributed by atoms with Crippen LogP contribution in [0.25, 0.3) is 0 Å². The summed E-state index contributed by atoms with van der Waals surface area (Å²) >= 11 is 0. The largest absolute Gasteiger partial charge is 0.317 e. The number of hydrogen-bond acceptors (Lipinski definition) is 1. The molecule has 1 fully saturated rings. The van der Waals surface area contributed by atoms with Crippen LogP contribution in [0.2, 0.25) is 0 Å². The quantitative estimate of drug-likeness (QED) is 0.695. The summed E-state index contributed by atoms with van der Waals surface area (Å²) in [5, 5.41) is 0. The molecule has 0 saturated carbocycles. The number of amides is 1. The first kappa shape index (κ1) is 12.3. The SMILES string of the molecule is C=C1CC(CC)(CCC)CC(=O)N1CC. The highest BCUT2D eigenvalue weighted by molar-refractivity contribution is 5.80. The highest BCUT2D eigenvalue weighted by Gasteiger charge is 2.38. The average molecular weight is 209 g/mol. The predicted molar refractivity (Wildman–Crippen MR) is 63.4 cm³/mol. The summed E-state index contributed by atoms with van der Waals surface area (Å²) in [6, 6.07) is 0. The van der Waals surface area contributed by atoms with Crippen molar-refractivity contribution >= 4 is 5.91 Å². The summed E-state index contributed by atoms with van der Waals surface area (Å²) in [7, 11) is 0. The number of piperidine rings is 1. The van der Waals surface area contributed by atoms with Crippen molar-refractivity contribution in [3.05, 3.63) is 12.3 Å². The monoisotopic (exact) mass is 209 g/mol. The lowest BCUT2D eigenvalue weighted by atomic mass is 9.72. The molecule has 2 heteroatoms. The Bertz CT molecular complexity index is 239. The van der Waals surface area contributed by atoms with E-state index in [0.717, 1.165) is 37.9 Å². The van der Waals surface area contributed by atoms with Crippen molar-refractivity contribution in [2.45, 2.75) is 52.9 Å². The summed E-state index contributed by atoms with van der Waals surface area (Å²) in [5.74, 6) is 0.268. The van der Waals surface area contributed by atoms with Gasteiger partial charge in [0.25, 0.3) is 0 Å². The number of hydrogen-bond donors (Lipinski definition) is 0. The van der Waals surface area contributed by atoms with Crippen LogP contribution in [0.5, 0.6) is 0 Å². The summed E-state index contributed by atoms with van der Waals surface area (Å²) in [6.45, 7) is 11.2. The number of likely N-dealkylation sites (tertiary alicyclic amines) is 1. The molecule has 15 heavy (non-hydrogen) atoms. The van der Waals surface area contributed by atoms with Crippen LogP contribution in [0, 0.1) is 5.41 Å². The minimum Gasteiger partial charge on any atom is -0.317 e. The zero-order valence-corrected chi connectivity index (χ0v) is 10.3. The van der Waals surface area contributed by atoms with Gasteiger partial charge in [-0.05, 0) is 31.6 Å². The Hall–Kier alpha value is -0.790. The fraction of sp³-hybridized carbons (Fsp3) is 0.769. The van der Waals surface area contributed by atoms with Crippen LogP contribution in [0.4, 0.5) is 0 Å². The smallest absolute Gasteiger partial charge is 0.227 e. The summed E-state index contributed by atoms with van der Waals surface area (Å²) in [4.78, 5) is 13.8. The molecule has 1 rings (SSSR count). The van der Waals surface area contributed by atoms with Crippen LogP contribution in [0.1, 0.15) is 52.9 Å². The molecule has 1 saturated heterocycles. The number of carbonyl (C=O) groups is 1. The predicted octanol–water partition coefficient (Wildman–Crippen LogP) is 3.34. The Morgan fingerprint density at radius 1 is 1.33 bits per heavy atom. The van der Waals surface area contributed by atoms with Crippen LogP contribution in [0.15, 0.2) is 12.3 Å². The topological polar surface area (TPSA) is 20.3 Å². The Labute approximate surface area is 93.3 Å². The second kappa shape index (κ2) is 4.82. The second-order valence-corrected chi connectivity index (χ2v) is 4.66. The maximum atomic E-state index is 12.0. The van der Waals surface area contributed by atoms with E-state index in [1.165, 1.54) is 0 Å². The van der Waals surface area contributed by atoms with E-state index in [4.69, 9.17) is 0 Å². The van der Waals surface area contributed by atoms with E-state index in [0.29, 0.717) is 6.42 Å². The Morgan fingerprint density at radius 2 is 2.00 bits per heavy atom. The third kappa shape index (κ3) is 2.42. The van der Waals surface area contributed by atoms with E-state index in [-0.39, 0.29) is 11.3 Å². The van der Waals surface area contributed by atoms with Gasteiger partial charge in [-0.1, -0.05) is 26.8 Å². The van der Waals surface area contributed by atoms with E-state index < -0.39 is 0 Å². The molecular formula is C13H23NO. The molecule has 0 bridgehead atoms. The standard InChI is InChI=1S/C13H23NO/c1-5-8-13(6-2)9-11(4)14(7-3)12(15)10-13/h4-10H2,1-3H3. The van der Waals surface area contributed by atoms with E-state index in [9.17, 15) is 4.79 Å². The molecule has 2 nitrogen and oxygen atoms in total. The molecule has 1 heterocycles. The second-order valence-electron chi connectivity index (χ2n) is 4.66. The molecule has 0 aromatic heterocycles. The van der Waals surface area contributed by atoms with Crippen LogP contribution in [0.3, 0.4) is 0 Å². The molecule has 1 aliphatic rings. The van der Waals surface area contributed by atoms with Crippen molar-refractivity contribution in [3.63, 3.8) is 0 Å². The number of allylic oxidation sites excluding steroid dienone is 1. The van der Waals surface area contributed by atoms with Crippen LogP contribution < -0.4 is 0 Å². The molecule has 1 aliphatic heterocycles. The van der Waals surface area contributed by atoms with Crippen LogP contribution in [-0.2, 0) is 4.79 Å². The Kier molecular flexibility index (Phi) is 3.95. The molecule has 1 atom stereocenters. The van der Waals surface area contributed by atoms with Crippen LogP contribution in [-0.4, -0.2) is 17.4 Å². The highest BCUT2D eigenvalue weighted by atomic mass is 16.2. The van der Waals surface area contributed by atoms with Crippen LogP contribution >= 0.6 is 0 Å². The first-order valence-corrected chi connectivity index (χ1v) is 6.06. The third-order valence-electron chi connectivity index (χ3n) is 3.63. The van der Waals surface area contributed by atoms with E-state index in [1.807, 2.05) is 11.8 Å². The zero-order valence-electron chi connectivity index (χ0n) is 10.3. The highest BCUT2D eigenvalue weighted by Crippen LogP contribution is 2.43. The van der Waals surface area contributed by atoms with Gasteiger partial charge in [0.05, 0.1) is 0 Å². The normalized spacial score (nSPS) is 27.3. The van der Waals surface area contributed by atoms with Gasteiger partial charge in [-0.3, -0.25) is 4.79 Å². The van der Waals surface area contributed by atoms with Crippen molar-refractivity contribution in [3.8, 4) is 0 Å². The fourth-order valence-electron chi connectivity index (χ4n) is 2.72. The van der Waals surface area contributed by atoms with Gasteiger partial charge in [0, 0.05) is 18.7 Å². The average Bonchev–Trinajstić information content (AvgIpc) is 2.18. The minimum absolute atomic E-state index is 0.203. The zero-order chi connectivity index (χ0) is 11.5. The maximum absolute atomic E-state index is 12.0. The lowest BCUT2D eigenvalue weighted by molar-refractivity contribution is -0.135. The Balaban J connectivity index is 2.81. The molecule has 0 aromatic carbocycles. The van der Waals surface area contributed by atoms with E-state index in [1.54, 1.807) is 0 Å². The summed E-state index contributed by atoms with van der Waals surface area (Å²) < 4.78 is 0. The molecule has 0 aliphatic carbocycles. The number of nitrogens with zero attached hydrogens (tertiary/aromatic N) is 1. The van der Waals surface area contributed by atoms with Crippen molar-refractivity contribution in [2.24, 2.45) is 5.41 Å². The molecule has 0 spiro atoms. The van der Waals surface area contributed by atoms with Gasteiger partial charge in [-0.25, -0.2) is 0 Å².